The highest BCUT2D eigenvalue weighted by Crippen LogP contribution is 2.37. The van der Waals surface area contributed by atoms with Crippen LogP contribution in [0.25, 0.3) is 11.0 Å². The molecule has 0 fully saturated rings. The molecule has 1 amide bonds. The zero-order chi connectivity index (χ0) is 17.4. The number of H-pyrrole nitrogens is 1. The first-order chi connectivity index (χ1) is 12.1. The molecule has 3 heterocycles. The first kappa shape index (κ1) is 15.2. The maximum atomic E-state index is 12.8. The fourth-order valence-corrected chi connectivity index (χ4v) is 2.79. The highest BCUT2D eigenvalue weighted by molar-refractivity contribution is 6.09. The first-order valence-corrected chi connectivity index (χ1v) is 7.82. The van der Waals surface area contributed by atoms with E-state index in [1.165, 1.54) is 0 Å². The highest BCUT2D eigenvalue weighted by atomic mass is 16.5. The number of benzene rings is 1. The molecule has 1 unspecified atom stereocenters. The summed E-state index contributed by atoms with van der Waals surface area (Å²) in [5, 5.41) is 3.47. The van der Waals surface area contributed by atoms with Gasteiger partial charge < -0.3 is 19.8 Å². The van der Waals surface area contributed by atoms with Crippen LogP contribution in [0, 0.1) is 0 Å². The van der Waals surface area contributed by atoms with Gasteiger partial charge in [-0.2, -0.15) is 0 Å². The molecule has 7 heteroatoms. The zero-order valence-corrected chi connectivity index (χ0v) is 13.4. The molecule has 3 aromatic rings. The largest absolute Gasteiger partial charge is 0.481 e. The minimum atomic E-state index is -0.746. The number of amides is 1. The molecule has 0 saturated heterocycles. The van der Waals surface area contributed by atoms with Crippen LogP contribution in [0.5, 0.6) is 11.5 Å². The lowest BCUT2D eigenvalue weighted by Crippen LogP contribution is -2.28. The Morgan fingerprint density at radius 1 is 1.32 bits per heavy atom. The van der Waals surface area contributed by atoms with Crippen molar-refractivity contribution in [3.8, 4) is 11.5 Å². The van der Waals surface area contributed by atoms with Crippen LogP contribution in [0.2, 0.25) is 0 Å². The Morgan fingerprint density at radius 2 is 2.20 bits per heavy atom. The van der Waals surface area contributed by atoms with Crippen molar-refractivity contribution >= 4 is 28.4 Å². The molecule has 1 atom stereocenters. The Hall–Kier alpha value is -3.35. The number of nitrogens with one attached hydrogen (secondary N) is 2. The molecule has 0 bridgehead atoms. The summed E-state index contributed by atoms with van der Waals surface area (Å²) in [7, 11) is 0. The molecule has 7 nitrogen and oxygen atoms in total. The van der Waals surface area contributed by atoms with Gasteiger partial charge in [-0.05, 0) is 31.2 Å². The molecule has 126 valence electrons. The number of anilines is 1. The van der Waals surface area contributed by atoms with Gasteiger partial charge in [-0.15, -0.1) is 0 Å². The van der Waals surface area contributed by atoms with Gasteiger partial charge in [0.25, 0.3) is 5.91 Å². The van der Waals surface area contributed by atoms with Gasteiger partial charge in [-0.1, -0.05) is 6.07 Å². The van der Waals surface area contributed by atoms with Crippen molar-refractivity contribution in [2.45, 2.75) is 13.0 Å². The number of fused-ring (bicyclic) bond motifs is 2. The number of hydrogen-bond acceptors (Lipinski definition) is 5. The molecule has 0 radical (unpaired) electrons. The number of hydrogen-bond donors (Lipinski definition) is 2. The summed E-state index contributed by atoms with van der Waals surface area (Å²) in [6.45, 7) is 1.63. The number of pyridine rings is 1. The Balaban J connectivity index is 1.61. The summed E-state index contributed by atoms with van der Waals surface area (Å²) in [5.41, 5.74) is 1.61. The van der Waals surface area contributed by atoms with Crippen molar-refractivity contribution in [1.82, 2.24) is 9.97 Å². The van der Waals surface area contributed by atoms with E-state index in [0.717, 1.165) is 5.39 Å². The normalized spacial score (nSPS) is 14.4. The second-order valence-corrected chi connectivity index (χ2v) is 5.69. The summed E-state index contributed by atoms with van der Waals surface area (Å²) in [5.74, 6) is 0.475. The van der Waals surface area contributed by atoms with Crippen LogP contribution in [0.4, 0.5) is 5.69 Å². The van der Waals surface area contributed by atoms with Gasteiger partial charge in [0.1, 0.15) is 22.8 Å². The maximum Gasteiger partial charge on any atom is 0.262 e. The van der Waals surface area contributed by atoms with Crippen LogP contribution < -0.4 is 14.8 Å². The Morgan fingerprint density at radius 3 is 3.08 bits per heavy atom. The molecular weight excluding hydrogens is 322 g/mol. The monoisotopic (exact) mass is 337 g/mol. The molecule has 0 spiro atoms. The molecule has 1 aromatic carbocycles. The summed E-state index contributed by atoms with van der Waals surface area (Å²) in [6.07, 6.45) is 2.54. The van der Waals surface area contributed by atoms with E-state index < -0.39 is 6.10 Å². The number of aromatic nitrogens is 2. The van der Waals surface area contributed by atoms with Crippen molar-refractivity contribution < 1.29 is 19.1 Å². The summed E-state index contributed by atoms with van der Waals surface area (Å²) in [6, 6.07) is 8.78. The number of carbonyl (C=O) groups is 2. The van der Waals surface area contributed by atoms with Crippen LogP contribution in [0.3, 0.4) is 0 Å². The summed E-state index contributed by atoms with van der Waals surface area (Å²) >= 11 is 0. The lowest BCUT2D eigenvalue weighted by molar-refractivity contribution is -0.118. The van der Waals surface area contributed by atoms with Gasteiger partial charge in [0, 0.05) is 23.3 Å². The number of Topliss-reactive ketones (excluding diaryl/α,β-unsaturated/α-hetero) is 1. The fraction of sp³-hybridized carbons (Fsp3) is 0.167. The third kappa shape index (κ3) is 2.69. The molecule has 1 aliphatic rings. The lowest BCUT2D eigenvalue weighted by atomic mass is 10.1. The molecule has 25 heavy (non-hydrogen) atoms. The fourth-order valence-electron chi connectivity index (χ4n) is 2.79. The number of rotatable bonds is 4. The van der Waals surface area contributed by atoms with Gasteiger partial charge in [0.05, 0.1) is 0 Å². The van der Waals surface area contributed by atoms with Gasteiger partial charge in [-0.3, -0.25) is 9.59 Å². The molecule has 4 rings (SSSR count). The Labute approximate surface area is 143 Å². The van der Waals surface area contributed by atoms with E-state index in [9.17, 15) is 9.59 Å². The Bertz CT molecular complexity index is 979. The van der Waals surface area contributed by atoms with Crippen molar-refractivity contribution in [3.63, 3.8) is 0 Å². The number of aromatic amines is 1. The third-order valence-electron chi connectivity index (χ3n) is 4.00. The number of nitrogens with zero attached hydrogens (tertiary/aromatic N) is 1. The van der Waals surface area contributed by atoms with Gasteiger partial charge in [0.15, 0.2) is 12.7 Å². The average molecular weight is 337 g/mol. The highest BCUT2D eigenvalue weighted by Gasteiger charge is 2.24. The van der Waals surface area contributed by atoms with Crippen LogP contribution in [0.1, 0.15) is 17.3 Å². The van der Waals surface area contributed by atoms with E-state index in [2.05, 4.69) is 15.3 Å². The van der Waals surface area contributed by atoms with E-state index in [0.29, 0.717) is 28.4 Å². The van der Waals surface area contributed by atoms with E-state index in [1.807, 2.05) is 6.07 Å². The average Bonchev–Trinajstić information content (AvgIpc) is 3.05. The number of ether oxygens (including phenoxy) is 2. The molecule has 0 saturated carbocycles. The molecule has 2 aromatic heterocycles. The second-order valence-electron chi connectivity index (χ2n) is 5.69. The van der Waals surface area contributed by atoms with Gasteiger partial charge in [0.2, 0.25) is 5.78 Å². The quantitative estimate of drug-likeness (QED) is 0.714. The van der Waals surface area contributed by atoms with Crippen molar-refractivity contribution in [1.29, 1.82) is 0 Å². The van der Waals surface area contributed by atoms with Crippen molar-refractivity contribution in [2.24, 2.45) is 0 Å². The van der Waals surface area contributed by atoms with Crippen LogP contribution in [0.15, 0.2) is 42.7 Å². The molecule has 1 aliphatic heterocycles. The molecule has 2 N–H and O–H groups in total. The van der Waals surface area contributed by atoms with E-state index in [-0.39, 0.29) is 18.3 Å². The molecular formula is C18H15N3O4. The minimum absolute atomic E-state index is 0.0344. The first-order valence-electron chi connectivity index (χ1n) is 7.82. The van der Waals surface area contributed by atoms with Crippen molar-refractivity contribution in [2.75, 3.05) is 11.9 Å². The SMILES string of the molecule is CC(Oc1cccc2c1NC(=O)CO2)C(=O)c1c[nH]c2ncccc12. The third-order valence-corrected chi connectivity index (χ3v) is 4.00. The summed E-state index contributed by atoms with van der Waals surface area (Å²) in [4.78, 5) is 31.5. The van der Waals surface area contributed by atoms with Gasteiger partial charge >= 0.3 is 0 Å². The maximum absolute atomic E-state index is 12.8. The van der Waals surface area contributed by atoms with Crippen LogP contribution >= 0.6 is 0 Å². The van der Waals surface area contributed by atoms with Gasteiger partial charge in [-0.25, -0.2) is 4.98 Å². The van der Waals surface area contributed by atoms with Crippen molar-refractivity contribution in [3.05, 3.63) is 48.3 Å². The smallest absolute Gasteiger partial charge is 0.262 e. The predicted octanol–water partition coefficient (Wildman–Crippen LogP) is 2.54. The summed E-state index contributed by atoms with van der Waals surface area (Å²) < 4.78 is 11.2. The van der Waals surface area contributed by atoms with E-state index >= 15 is 0 Å². The lowest BCUT2D eigenvalue weighted by Gasteiger charge is -2.22. The second kappa shape index (κ2) is 5.94. The minimum Gasteiger partial charge on any atom is -0.481 e. The van der Waals surface area contributed by atoms with E-state index in [1.54, 1.807) is 43.6 Å². The number of carbonyl (C=O) groups excluding carboxylic acids is 2. The van der Waals surface area contributed by atoms with Crippen LogP contribution in [-0.4, -0.2) is 34.4 Å². The van der Waals surface area contributed by atoms with E-state index in [4.69, 9.17) is 9.47 Å². The topological polar surface area (TPSA) is 93.3 Å². The molecule has 0 aliphatic carbocycles. The number of para-hydroxylation sites is 1. The van der Waals surface area contributed by atoms with Crippen LogP contribution in [-0.2, 0) is 4.79 Å². The Kier molecular flexibility index (Phi) is 3.61. The standard InChI is InChI=1S/C18H15N3O4/c1-10(17(23)12-8-20-18-11(12)4-3-7-19-18)25-14-6-2-5-13-16(14)21-15(22)9-24-13/h2-8,10H,9H2,1H3,(H,19,20)(H,21,22). The number of ketones is 1. The predicted molar refractivity (Wildman–Crippen MR) is 91.1 cm³/mol. The zero-order valence-electron chi connectivity index (χ0n) is 13.4.